The number of nitrogens with one attached hydrogen (secondary N) is 1. The molecular weight excluding hydrogens is 290 g/mol. The number of carbonyl (C=O) groups excluding carboxylic acids is 1. The van der Waals surface area contributed by atoms with E-state index in [4.69, 9.17) is 16.7 Å². The number of carboxylic acid groups (broad SMARTS) is 1. The molecular formula is C16H14ClNO3. The van der Waals surface area contributed by atoms with Crippen molar-refractivity contribution in [3.8, 4) is 0 Å². The van der Waals surface area contributed by atoms with E-state index in [9.17, 15) is 9.59 Å². The molecule has 2 rings (SSSR count). The van der Waals surface area contributed by atoms with Crippen molar-refractivity contribution in [3.63, 3.8) is 0 Å². The zero-order valence-electron chi connectivity index (χ0n) is 11.4. The fraction of sp³-hybridized carbons (Fsp3) is 0.125. The van der Waals surface area contributed by atoms with Crippen LogP contribution < -0.4 is 5.32 Å². The van der Waals surface area contributed by atoms with E-state index in [-0.39, 0.29) is 16.5 Å². The number of halogens is 1. The summed E-state index contributed by atoms with van der Waals surface area (Å²) in [5.41, 5.74) is 2.14. The van der Waals surface area contributed by atoms with Crippen molar-refractivity contribution in [3.05, 3.63) is 64.2 Å². The van der Waals surface area contributed by atoms with Crippen molar-refractivity contribution >= 4 is 29.2 Å². The highest BCUT2D eigenvalue weighted by Gasteiger charge is 2.11. The molecule has 108 valence electrons. The topological polar surface area (TPSA) is 66.4 Å². The lowest BCUT2D eigenvalue weighted by Crippen LogP contribution is -2.12. The first-order valence-corrected chi connectivity index (χ1v) is 6.82. The molecule has 0 unspecified atom stereocenters. The Bertz CT molecular complexity index is 680. The van der Waals surface area contributed by atoms with Crippen LogP contribution in [0.5, 0.6) is 0 Å². The first kappa shape index (κ1) is 15.1. The van der Waals surface area contributed by atoms with Gasteiger partial charge in [-0.3, -0.25) is 4.79 Å². The molecule has 0 fully saturated rings. The van der Waals surface area contributed by atoms with Gasteiger partial charge in [-0.15, -0.1) is 0 Å². The minimum Gasteiger partial charge on any atom is -0.478 e. The number of amides is 1. The summed E-state index contributed by atoms with van der Waals surface area (Å²) in [5.74, 6) is -1.37. The van der Waals surface area contributed by atoms with Gasteiger partial charge in [0.25, 0.3) is 5.91 Å². The van der Waals surface area contributed by atoms with Crippen molar-refractivity contribution in [2.45, 2.75) is 13.3 Å². The third-order valence-corrected chi connectivity index (χ3v) is 3.39. The molecule has 0 aliphatic carbocycles. The average Bonchev–Trinajstić information content (AvgIpc) is 2.47. The molecule has 2 aromatic rings. The lowest BCUT2D eigenvalue weighted by molar-refractivity contribution is 0.0697. The molecule has 0 radical (unpaired) electrons. The van der Waals surface area contributed by atoms with Crippen molar-refractivity contribution in [1.29, 1.82) is 0 Å². The SMILES string of the molecule is CCc1ccc(C(=O)Nc2ccc(C(=O)O)c(Cl)c2)cc1. The number of carbonyl (C=O) groups is 2. The quantitative estimate of drug-likeness (QED) is 0.901. The van der Waals surface area contributed by atoms with Crippen LogP contribution in [0.2, 0.25) is 5.02 Å². The summed E-state index contributed by atoms with van der Waals surface area (Å²) in [6, 6.07) is 11.6. The van der Waals surface area contributed by atoms with Crippen LogP contribution in [0.15, 0.2) is 42.5 Å². The van der Waals surface area contributed by atoms with E-state index < -0.39 is 5.97 Å². The first-order valence-electron chi connectivity index (χ1n) is 6.44. The summed E-state index contributed by atoms with van der Waals surface area (Å²) in [6.45, 7) is 2.04. The van der Waals surface area contributed by atoms with Crippen LogP contribution in [0.4, 0.5) is 5.69 Å². The number of hydrogen-bond donors (Lipinski definition) is 2. The van der Waals surface area contributed by atoms with Crippen LogP contribution in [0, 0.1) is 0 Å². The van der Waals surface area contributed by atoms with Gasteiger partial charge in [0.15, 0.2) is 0 Å². The predicted molar refractivity (Wildman–Crippen MR) is 82.2 cm³/mol. The number of anilines is 1. The monoisotopic (exact) mass is 303 g/mol. The highest BCUT2D eigenvalue weighted by atomic mass is 35.5. The predicted octanol–water partition coefficient (Wildman–Crippen LogP) is 3.85. The van der Waals surface area contributed by atoms with Crippen molar-refractivity contribution < 1.29 is 14.7 Å². The second kappa shape index (κ2) is 6.41. The Morgan fingerprint density at radius 2 is 1.81 bits per heavy atom. The van der Waals surface area contributed by atoms with Gasteiger partial charge in [0.05, 0.1) is 10.6 Å². The fourth-order valence-corrected chi connectivity index (χ4v) is 2.12. The van der Waals surface area contributed by atoms with E-state index in [2.05, 4.69) is 5.32 Å². The molecule has 0 atom stereocenters. The third-order valence-electron chi connectivity index (χ3n) is 3.08. The molecule has 0 saturated carbocycles. The van der Waals surface area contributed by atoms with Gasteiger partial charge in [0.2, 0.25) is 0 Å². The molecule has 0 heterocycles. The molecule has 0 bridgehead atoms. The lowest BCUT2D eigenvalue weighted by atomic mass is 10.1. The van der Waals surface area contributed by atoms with Crippen LogP contribution in [0.1, 0.15) is 33.2 Å². The molecule has 1 amide bonds. The Hall–Kier alpha value is -2.33. The average molecular weight is 304 g/mol. The number of rotatable bonds is 4. The highest BCUT2D eigenvalue weighted by Crippen LogP contribution is 2.21. The van der Waals surface area contributed by atoms with Crippen molar-refractivity contribution in [2.24, 2.45) is 0 Å². The number of benzene rings is 2. The van der Waals surface area contributed by atoms with E-state index in [0.717, 1.165) is 12.0 Å². The molecule has 0 aliphatic rings. The first-order chi connectivity index (χ1) is 10.0. The molecule has 0 saturated heterocycles. The van der Waals surface area contributed by atoms with Crippen LogP contribution in [-0.2, 0) is 6.42 Å². The zero-order valence-corrected chi connectivity index (χ0v) is 12.1. The molecule has 2 N–H and O–H groups in total. The second-order valence-corrected chi connectivity index (χ2v) is 4.91. The number of aromatic carboxylic acids is 1. The minimum atomic E-state index is -1.10. The lowest BCUT2D eigenvalue weighted by Gasteiger charge is -2.07. The molecule has 0 spiro atoms. The number of aryl methyl sites for hydroxylation is 1. The van der Waals surface area contributed by atoms with Gasteiger partial charge in [0, 0.05) is 11.3 Å². The maximum atomic E-state index is 12.1. The summed E-state index contributed by atoms with van der Waals surface area (Å²) in [5, 5.41) is 11.7. The van der Waals surface area contributed by atoms with Crippen molar-refractivity contribution in [2.75, 3.05) is 5.32 Å². The van der Waals surface area contributed by atoms with Gasteiger partial charge in [-0.2, -0.15) is 0 Å². The Kier molecular flexibility index (Phi) is 4.60. The summed E-state index contributed by atoms with van der Waals surface area (Å²) >= 11 is 5.86. The molecule has 21 heavy (non-hydrogen) atoms. The maximum Gasteiger partial charge on any atom is 0.337 e. The summed E-state index contributed by atoms with van der Waals surface area (Å²) in [4.78, 5) is 22.9. The second-order valence-electron chi connectivity index (χ2n) is 4.50. The highest BCUT2D eigenvalue weighted by molar-refractivity contribution is 6.33. The van der Waals surface area contributed by atoms with Gasteiger partial charge in [-0.05, 0) is 42.3 Å². The maximum absolute atomic E-state index is 12.1. The Morgan fingerprint density at radius 1 is 1.14 bits per heavy atom. The molecule has 0 aliphatic heterocycles. The third kappa shape index (κ3) is 3.61. The van der Waals surface area contributed by atoms with Gasteiger partial charge in [-0.25, -0.2) is 4.79 Å². The van der Waals surface area contributed by atoms with Gasteiger partial charge in [0.1, 0.15) is 0 Å². The Morgan fingerprint density at radius 3 is 2.33 bits per heavy atom. The molecule has 4 nitrogen and oxygen atoms in total. The van der Waals surface area contributed by atoms with E-state index in [1.165, 1.54) is 18.2 Å². The summed E-state index contributed by atoms with van der Waals surface area (Å²) in [7, 11) is 0. The van der Waals surface area contributed by atoms with Crippen LogP contribution in [0.3, 0.4) is 0 Å². The van der Waals surface area contributed by atoms with Gasteiger partial charge < -0.3 is 10.4 Å². The van der Waals surface area contributed by atoms with Crippen molar-refractivity contribution in [1.82, 2.24) is 0 Å². The van der Waals surface area contributed by atoms with E-state index >= 15 is 0 Å². The molecule has 5 heteroatoms. The van der Waals surface area contributed by atoms with Gasteiger partial charge >= 0.3 is 5.97 Å². The Balaban J connectivity index is 2.15. The van der Waals surface area contributed by atoms with E-state index in [1.807, 2.05) is 19.1 Å². The van der Waals surface area contributed by atoms with E-state index in [1.54, 1.807) is 12.1 Å². The minimum absolute atomic E-state index is 0.00182. The fourth-order valence-electron chi connectivity index (χ4n) is 1.86. The van der Waals surface area contributed by atoms with E-state index in [0.29, 0.717) is 11.3 Å². The molecule has 0 aromatic heterocycles. The standard InChI is InChI=1S/C16H14ClNO3/c1-2-10-3-5-11(6-4-10)15(19)18-12-7-8-13(16(20)21)14(17)9-12/h3-9H,2H2,1H3,(H,18,19)(H,20,21). The van der Waals surface area contributed by atoms with Gasteiger partial charge in [-0.1, -0.05) is 30.7 Å². The normalized spacial score (nSPS) is 10.2. The smallest absolute Gasteiger partial charge is 0.337 e. The van der Waals surface area contributed by atoms with Crippen LogP contribution in [-0.4, -0.2) is 17.0 Å². The summed E-state index contributed by atoms with van der Waals surface area (Å²) in [6.07, 6.45) is 0.911. The van der Waals surface area contributed by atoms with Crippen LogP contribution in [0.25, 0.3) is 0 Å². The number of hydrogen-bond acceptors (Lipinski definition) is 2. The van der Waals surface area contributed by atoms with Crippen LogP contribution >= 0.6 is 11.6 Å². The Labute approximate surface area is 127 Å². The molecule has 2 aromatic carbocycles. The summed E-state index contributed by atoms with van der Waals surface area (Å²) < 4.78 is 0. The largest absolute Gasteiger partial charge is 0.478 e. The number of carboxylic acids is 1. The zero-order chi connectivity index (χ0) is 15.4.